The van der Waals surface area contributed by atoms with Crippen LogP contribution >= 0.6 is 23.2 Å². The van der Waals surface area contributed by atoms with Crippen LogP contribution in [-0.4, -0.2) is 11.7 Å². The standard InChI is InChI=1S/C15H14Cl2FNO/c16-10-6-4-9(5-7-10)12(8-19)15(20)11-2-1-3-13(18)14(11)17/h1-7,12,15,20H,8,19H2. The molecule has 5 heteroatoms. The molecule has 0 aliphatic carbocycles. The monoisotopic (exact) mass is 313 g/mol. The van der Waals surface area contributed by atoms with Crippen molar-refractivity contribution >= 4 is 23.2 Å². The zero-order valence-electron chi connectivity index (χ0n) is 10.6. The number of aliphatic hydroxyl groups is 1. The minimum Gasteiger partial charge on any atom is -0.388 e. The van der Waals surface area contributed by atoms with Crippen molar-refractivity contribution in [1.82, 2.24) is 0 Å². The number of hydrogen-bond donors (Lipinski definition) is 2. The number of nitrogens with two attached hydrogens (primary N) is 1. The van der Waals surface area contributed by atoms with E-state index in [1.54, 1.807) is 30.3 Å². The fraction of sp³-hybridized carbons (Fsp3) is 0.200. The fourth-order valence-corrected chi connectivity index (χ4v) is 2.49. The number of halogens is 3. The van der Waals surface area contributed by atoms with Crippen molar-refractivity contribution < 1.29 is 9.50 Å². The molecule has 20 heavy (non-hydrogen) atoms. The molecule has 0 saturated carbocycles. The molecule has 0 radical (unpaired) electrons. The molecule has 3 N–H and O–H groups in total. The molecular weight excluding hydrogens is 300 g/mol. The predicted octanol–water partition coefficient (Wildman–Crippen LogP) is 3.91. The first-order valence-electron chi connectivity index (χ1n) is 6.12. The van der Waals surface area contributed by atoms with Crippen molar-refractivity contribution in [3.05, 3.63) is 69.5 Å². The second kappa shape index (κ2) is 6.55. The molecule has 2 aromatic carbocycles. The van der Waals surface area contributed by atoms with Crippen LogP contribution in [0.4, 0.5) is 4.39 Å². The molecule has 2 nitrogen and oxygen atoms in total. The minimum atomic E-state index is -0.982. The predicted molar refractivity (Wildman–Crippen MR) is 79.6 cm³/mol. The van der Waals surface area contributed by atoms with E-state index in [1.807, 2.05) is 0 Å². The van der Waals surface area contributed by atoms with Gasteiger partial charge in [0.1, 0.15) is 5.82 Å². The molecule has 0 spiro atoms. The number of rotatable bonds is 4. The van der Waals surface area contributed by atoms with Crippen molar-refractivity contribution in [2.75, 3.05) is 6.54 Å². The molecule has 0 aliphatic heterocycles. The zero-order valence-corrected chi connectivity index (χ0v) is 12.1. The summed E-state index contributed by atoms with van der Waals surface area (Å²) in [6.07, 6.45) is -0.982. The van der Waals surface area contributed by atoms with Crippen LogP contribution in [0.1, 0.15) is 23.1 Å². The Morgan fingerprint density at radius 2 is 1.75 bits per heavy atom. The molecule has 0 saturated heterocycles. The van der Waals surface area contributed by atoms with Gasteiger partial charge in [0.2, 0.25) is 0 Å². The Balaban J connectivity index is 2.36. The maximum atomic E-state index is 13.5. The van der Waals surface area contributed by atoms with Gasteiger partial charge in [0.15, 0.2) is 0 Å². The summed E-state index contributed by atoms with van der Waals surface area (Å²) in [5.41, 5.74) is 6.89. The molecule has 0 amide bonds. The second-order valence-electron chi connectivity index (χ2n) is 4.48. The van der Waals surface area contributed by atoms with Crippen LogP contribution in [0.5, 0.6) is 0 Å². The smallest absolute Gasteiger partial charge is 0.142 e. The van der Waals surface area contributed by atoms with Crippen LogP contribution in [0.25, 0.3) is 0 Å². The first kappa shape index (κ1) is 15.3. The molecule has 0 heterocycles. The quantitative estimate of drug-likeness (QED) is 0.899. The zero-order chi connectivity index (χ0) is 14.7. The Morgan fingerprint density at radius 1 is 1.10 bits per heavy atom. The van der Waals surface area contributed by atoms with Gasteiger partial charge in [-0.2, -0.15) is 0 Å². The average molecular weight is 314 g/mol. The van der Waals surface area contributed by atoms with Crippen LogP contribution in [-0.2, 0) is 0 Å². The molecule has 0 bridgehead atoms. The Bertz CT molecular complexity index is 589. The van der Waals surface area contributed by atoms with Crippen molar-refractivity contribution in [2.45, 2.75) is 12.0 Å². The molecule has 2 unspecified atom stereocenters. The molecule has 2 atom stereocenters. The summed E-state index contributed by atoms with van der Waals surface area (Å²) < 4.78 is 13.5. The highest BCUT2D eigenvalue weighted by Crippen LogP contribution is 2.35. The Labute approximate surface area is 126 Å². The summed E-state index contributed by atoms with van der Waals surface area (Å²) >= 11 is 11.7. The van der Waals surface area contributed by atoms with Crippen LogP contribution in [0.3, 0.4) is 0 Å². The third kappa shape index (κ3) is 3.13. The number of hydrogen-bond acceptors (Lipinski definition) is 2. The van der Waals surface area contributed by atoms with Crippen LogP contribution < -0.4 is 5.73 Å². The van der Waals surface area contributed by atoms with E-state index in [4.69, 9.17) is 28.9 Å². The summed E-state index contributed by atoms with van der Waals surface area (Å²) in [6.45, 7) is 0.204. The molecule has 2 rings (SSSR count). The number of aliphatic hydroxyl groups excluding tert-OH is 1. The normalized spacial score (nSPS) is 14.1. The Morgan fingerprint density at radius 3 is 2.35 bits per heavy atom. The van der Waals surface area contributed by atoms with Gasteiger partial charge in [-0.15, -0.1) is 0 Å². The summed E-state index contributed by atoms with van der Waals surface area (Å²) in [5, 5.41) is 11.0. The fourth-order valence-electron chi connectivity index (χ4n) is 2.12. The highest BCUT2D eigenvalue weighted by molar-refractivity contribution is 6.31. The maximum Gasteiger partial charge on any atom is 0.142 e. The van der Waals surface area contributed by atoms with Gasteiger partial charge in [-0.05, 0) is 23.8 Å². The lowest BCUT2D eigenvalue weighted by Gasteiger charge is -2.23. The van der Waals surface area contributed by atoms with E-state index >= 15 is 0 Å². The van der Waals surface area contributed by atoms with E-state index in [2.05, 4.69) is 0 Å². The van der Waals surface area contributed by atoms with Crippen molar-refractivity contribution in [3.8, 4) is 0 Å². The van der Waals surface area contributed by atoms with E-state index in [9.17, 15) is 9.50 Å². The summed E-state index contributed by atoms with van der Waals surface area (Å²) in [7, 11) is 0. The lowest BCUT2D eigenvalue weighted by Crippen LogP contribution is -2.20. The number of benzene rings is 2. The molecule has 0 fully saturated rings. The summed E-state index contributed by atoms with van der Waals surface area (Å²) in [6, 6.07) is 11.4. The molecular formula is C15H14Cl2FNO. The van der Waals surface area contributed by atoms with Gasteiger partial charge in [-0.1, -0.05) is 47.5 Å². The second-order valence-corrected chi connectivity index (χ2v) is 5.30. The van der Waals surface area contributed by atoms with E-state index in [1.165, 1.54) is 12.1 Å². The van der Waals surface area contributed by atoms with Crippen molar-refractivity contribution in [3.63, 3.8) is 0 Å². The molecule has 0 aromatic heterocycles. The van der Waals surface area contributed by atoms with Crippen LogP contribution in [0.15, 0.2) is 42.5 Å². The minimum absolute atomic E-state index is 0.0765. The first-order valence-corrected chi connectivity index (χ1v) is 6.87. The van der Waals surface area contributed by atoms with Gasteiger partial charge < -0.3 is 10.8 Å². The summed E-state index contributed by atoms with van der Waals surface area (Å²) in [4.78, 5) is 0. The van der Waals surface area contributed by atoms with Gasteiger partial charge in [0, 0.05) is 23.0 Å². The highest BCUT2D eigenvalue weighted by Gasteiger charge is 2.24. The Kier molecular flexibility index (Phi) is 5.00. The van der Waals surface area contributed by atoms with E-state index < -0.39 is 11.9 Å². The highest BCUT2D eigenvalue weighted by atomic mass is 35.5. The molecule has 2 aromatic rings. The van der Waals surface area contributed by atoms with Gasteiger partial charge >= 0.3 is 0 Å². The van der Waals surface area contributed by atoms with Crippen molar-refractivity contribution in [2.24, 2.45) is 5.73 Å². The van der Waals surface area contributed by atoms with Gasteiger partial charge in [0.25, 0.3) is 0 Å². The SMILES string of the molecule is NCC(c1ccc(Cl)cc1)C(O)c1cccc(F)c1Cl. The third-order valence-electron chi connectivity index (χ3n) is 3.23. The van der Waals surface area contributed by atoms with E-state index in [0.717, 1.165) is 5.56 Å². The Hall–Kier alpha value is -1.13. The first-order chi connectivity index (χ1) is 9.54. The lowest BCUT2D eigenvalue weighted by atomic mass is 9.89. The van der Waals surface area contributed by atoms with E-state index in [-0.39, 0.29) is 17.5 Å². The lowest BCUT2D eigenvalue weighted by molar-refractivity contribution is 0.147. The third-order valence-corrected chi connectivity index (χ3v) is 3.88. The largest absolute Gasteiger partial charge is 0.388 e. The maximum absolute atomic E-state index is 13.5. The van der Waals surface area contributed by atoms with Crippen LogP contribution in [0, 0.1) is 5.82 Å². The summed E-state index contributed by atoms with van der Waals surface area (Å²) in [5.74, 6) is -0.943. The van der Waals surface area contributed by atoms with Gasteiger partial charge in [-0.25, -0.2) is 4.39 Å². The molecule has 0 aliphatic rings. The van der Waals surface area contributed by atoms with E-state index in [0.29, 0.717) is 10.6 Å². The average Bonchev–Trinajstić information content (AvgIpc) is 2.44. The van der Waals surface area contributed by atoms with Crippen molar-refractivity contribution in [1.29, 1.82) is 0 Å². The van der Waals surface area contributed by atoms with Crippen LogP contribution in [0.2, 0.25) is 10.0 Å². The van der Waals surface area contributed by atoms with Gasteiger partial charge in [-0.3, -0.25) is 0 Å². The topological polar surface area (TPSA) is 46.2 Å². The molecule has 106 valence electrons. The van der Waals surface area contributed by atoms with Gasteiger partial charge in [0.05, 0.1) is 11.1 Å².